The fraction of sp³-hybridized carbons (Fsp3) is 0.273. The van der Waals surface area contributed by atoms with Crippen molar-refractivity contribution >= 4 is 22.6 Å². The summed E-state index contributed by atoms with van der Waals surface area (Å²) >= 11 is 5.35. The summed E-state index contributed by atoms with van der Waals surface area (Å²) in [6.45, 7) is 3.05. The summed E-state index contributed by atoms with van der Waals surface area (Å²) in [5.41, 5.74) is -0.644. The number of carbonyl (C=O) groups excluding carboxylic acids is 2. The minimum Gasteiger partial charge on any atom is -0.293 e. The van der Waals surface area contributed by atoms with Crippen LogP contribution in [0.5, 0.6) is 0 Å². The Morgan fingerprint density at radius 2 is 1.64 bits per heavy atom. The highest BCUT2D eigenvalue weighted by Crippen LogP contribution is 2.24. The van der Waals surface area contributed by atoms with Crippen molar-refractivity contribution in [2.45, 2.75) is 13.8 Å². The maximum absolute atomic E-state index is 11.8. The number of Topliss-reactive ketones (excluding diaryl/α,β-unsaturated/α-hetero) is 1. The Bertz CT molecular complexity index is 355. The van der Waals surface area contributed by atoms with Gasteiger partial charge in [0.05, 0.1) is 0 Å². The molecule has 2 nitrogen and oxygen atoms in total. The maximum atomic E-state index is 11.8. The third-order valence-electron chi connectivity index (χ3n) is 2.10. The topological polar surface area (TPSA) is 34.1 Å². The zero-order valence-corrected chi connectivity index (χ0v) is 8.84. The second kappa shape index (κ2) is 3.93. The van der Waals surface area contributed by atoms with Crippen LogP contribution in [0.15, 0.2) is 30.3 Å². The second-order valence-electron chi connectivity index (χ2n) is 3.59. The molecule has 1 rings (SSSR count). The van der Waals surface area contributed by atoms with Crippen LogP contribution in [0.2, 0.25) is 0 Å². The number of rotatable bonds is 3. The molecule has 0 bridgehead atoms. The van der Waals surface area contributed by atoms with Crippen molar-refractivity contribution in [2.75, 3.05) is 0 Å². The molecule has 0 unspecified atom stereocenters. The van der Waals surface area contributed by atoms with Gasteiger partial charge in [0.15, 0.2) is 5.78 Å². The van der Waals surface area contributed by atoms with Gasteiger partial charge in [-0.2, -0.15) is 0 Å². The lowest BCUT2D eigenvalue weighted by Crippen LogP contribution is -2.30. The Labute approximate surface area is 87.9 Å². The van der Waals surface area contributed by atoms with Crippen molar-refractivity contribution < 1.29 is 9.59 Å². The van der Waals surface area contributed by atoms with E-state index in [2.05, 4.69) is 0 Å². The van der Waals surface area contributed by atoms with E-state index in [1.807, 2.05) is 6.07 Å². The van der Waals surface area contributed by atoms with Gasteiger partial charge in [-0.25, -0.2) is 0 Å². The minimum atomic E-state index is -1.15. The molecule has 0 amide bonds. The first kappa shape index (κ1) is 10.9. The molecular weight excluding hydrogens is 200 g/mol. The number of benzene rings is 1. The summed E-state index contributed by atoms with van der Waals surface area (Å²) in [5.74, 6) is -0.252. The predicted molar refractivity (Wildman–Crippen MR) is 55.4 cm³/mol. The van der Waals surface area contributed by atoms with Crippen LogP contribution in [0.3, 0.4) is 0 Å². The van der Waals surface area contributed by atoms with E-state index in [9.17, 15) is 9.59 Å². The van der Waals surface area contributed by atoms with Gasteiger partial charge in [0.25, 0.3) is 0 Å². The Morgan fingerprint density at radius 3 is 2.07 bits per heavy atom. The molecule has 0 saturated heterocycles. The summed E-state index contributed by atoms with van der Waals surface area (Å²) in [7, 11) is 0. The van der Waals surface area contributed by atoms with Crippen LogP contribution >= 0.6 is 11.6 Å². The number of hydrogen-bond donors (Lipinski definition) is 0. The van der Waals surface area contributed by atoms with Crippen molar-refractivity contribution in [3.05, 3.63) is 35.9 Å². The molecule has 0 fully saturated rings. The van der Waals surface area contributed by atoms with Crippen LogP contribution in [0.4, 0.5) is 0 Å². The van der Waals surface area contributed by atoms with Crippen LogP contribution < -0.4 is 0 Å². The van der Waals surface area contributed by atoms with Gasteiger partial charge in [-0.15, -0.1) is 0 Å². The summed E-state index contributed by atoms with van der Waals surface area (Å²) in [6.07, 6.45) is 0. The molecule has 0 atom stereocenters. The smallest absolute Gasteiger partial charge is 0.235 e. The van der Waals surface area contributed by atoms with E-state index < -0.39 is 10.7 Å². The first-order valence-corrected chi connectivity index (χ1v) is 4.64. The van der Waals surface area contributed by atoms with E-state index in [0.717, 1.165) is 0 Å². The normalized spacial score (nSPS) is 11.1. The molecule has 0 saturated carbocycles. The van der Waals surface area contributed by atoms with Crippen molar-refractivity contribution in [1.82, 2.24) is 0 Å². The third-order valence-corrected chi connectivity index (χ3v) is 2.57. The first-order valence-electron chi connectivity index (χ1n) is 4.26. The molecule has 3 heteroatoms. The third kappa shape index (κ3) is 2.02. The van der Waals surface area contributed by atoms with Crippen LogP contribution in [-0.4, -0.2) is 11.0 Å². The van der Waals surface area contributed by atoms with Gasteiger partial charge in [-0.1, -0.05) is 30.3 Å². The van der Waals surface area contributed by atoms with E-state index in [-0.39, 0.29) is 5.78 Å². The monoisotopic (exact) mass is 210 g/mol. The molecular formula is C11H11ClO2. The van der Waals surface area contributed by atoms with E-state index in [1.54, 1.807) is 24.3 Å². The van der Waals surface area contributed by atoms with Crippen molar-refractivity contribution in [1.29, 1.82) is 0 Å². The number of hydrogen-bond acceptors (Lipinski definition) is 2. The van der Waals surface area contributed by atoms with Crippen LogP contribution in [0, 0.1) is 5.41 Å². The molecule has 0 spiro atoms. The predicted octanol–water partition coefficient (Wildman–Crippen LogP) is 2.66. The molecule has 0 N–H and O–H groups in total. The highest BCUT2D eigenvalue weighted by molar-refractivity contribution is 6.66. The molecule has 74 valence electrons. The second-order valence-corrected chi connectivity index (χ2v) is 3.94. The van der Waals surface area contributed by atoms with Gasteiger partial charge in [0, 0.05) is 5.56 Å². The van der Waals surface area contributed by atoms with Gasteiger partial charge in [0.1, 0.15) is 5.41 Å². The lowest BCUT2D eigenvalue weighted by atomic mass is 9.86. The fourth-order valence-electron chi connectivity index (χ4n) is 1.04. The van der Waals surface area contributed by atoms with Crippen molar-refractivity contribution in [3.63, 3.8) is 0 Å². The van der Waals surface area contributed by atoms with Crippen LogP contribution in [-0.2, 0) is 4.79 Å². The molecule has 0 radical (unpaired) electrons. The van der Waals surface area contributed by atoms with E-state index in [0.29, 0.717) is 5.56 Å². The summed E-state index contributed by atoms with van der Waals surface area (Å²) in [4.78, 5) is 22.8. The fourth-order valence-corrected chi connectivity index (χ4v) is 1.13. The molecule has 0 aliphatic rings. The standard InChI is InChI=1S/C11H11ClO2/c1-11(2,10(12)14)9(13)8-6-4-3-5-7-8/h3-7H,1-2H3. The Kier molecular flexibility index (Phi) is 3.06. The van der Waals surface area contributed by atoms with Gasteiger partial charge >= 0.3 is 0 Å². The van der Waals surface area contributed by atoms with E-state index in [1.165, 1.54) is 13.8 Å². The van der Waals surface area contributed by atoms with Crippen molar-refractivity contribution in [2.24, 2.45) is 5.41 Å². The molecule has 0 aliphatic heterocycles. The Balaban J connectivity index is 3.03. The lowest BCUT2D eigenvalue weighted by Gasteiger charge is -2.17. The van der Waals surface area contributed by atoms with Crippen LogP contribution in [0.25, 0.3) is 0 Å². The quantitative estimate of drug-likeness (QED) is 0.437. The van der Waals surface area contributed by atoms with E-state index in [4.69, 9.17) is 11.6 Å². The SMILES string of the molecule is CC(C)(C(=O)Cl)C(=O)c1ccccc1. The lowest BCUT2D eigenvalue weighted by molar-refractivity contribution is -0.117. The summed E-state index contributed by atoms with van der Waals surface area (Å²) in [5, 5.41) is -0.633. The van der Waals surface area contributed by atoms with Gasteiger partial charge in [-0.3, -0.25) is 9.59 Å². The Morgan fingerprint density at radius 1 is 1.14 bits per heavy atom. The van der Waals surface area contributed by atoms with Gasteiger partial charge < -0.3 is 0 Å². The number of ketones is 1. The number of carbonyl (C=O) groups is 2. The molecule has 0 heterocycles. The summed E-state index contributed by atoms with van der Waals surface area (Å²) in [6, 6.07) is 8.66. The number of halogens is 1. The van der Waals surface area contributed by atoms with E-state index >= 15 is 0 Å². The molecule has 0 aliphatic carbocycles. The zero-order chi connectivity index (χ0) is 10.8. The largest absolute Gasteiger partial charge is 0.293 e. The average Bonchev–Trinajstić information content (AvgIpc) is 2.17. The summed E-state index contributed by atoms with van der Waals surface area (Å²) < 4.78 is 0. The highest BCUT2D eigenvalue weighted by atomic mass is 35.5. The molecule has 0 aromatic heterocycles. The van der Waals surface area contributed by atoms with Crippen LogP contribution in [0.1, 0.15) is 24.2 Å². The van der Waals surface area contributed by atoms with Gasteiger partial charge in [0.2, 0.25) is 5.24 Å². The Hall–Kier alpha value is -1.15. The highest BCUT2D eigenvalue weighted by Gasteiger charge is 2.34. The minimum absolute atomic E-state index is 0.252. The average molecular weight is 211 g/mol. The maximum Gasteiger partial charge on any atom is 0.235 e. The van der Waals surface area contributed by atoms with Crippen molar-refractivity contribution in [3.8, 4) is 0 Å². The molecule has 14 heavy (non-hydrogen) atoms. The zero-order valence-electron chi connectivity index (χ0n) is 8.08. The van der Waals surface area contributed by atoms with Gasteiger partial charge in [-0.05, 0) is 25.4 Å². The first-order chi connectivity index (χ1) is 6.46. The molecule has 1 aromatic carbocycles. The molecule has 1 aromatic rings.